The zero-order valence-corrected chi connectivity index (χ0v) is 19.2. The Morgan fingerprint density at radius 3 is 2.36 bits per heavy atom. The summed E-state index contributed by atoms with van der Waals surface area (Å²) in [5.41, 5.74) is 1.23. The average Bonchev–Trinajstić information content (AvgIpc) is 2.85. The highest BCUT2D eigenvalue weighted by molar-refractivity contribution is 8.00. The zero-order chi connectivity index (χ0) is 23.3. The Labute approximate surface area is 196 Å². The molecule has 0 saturated carbocycles. The van der Waals surface area contributed by atoms with Crippen molar-refractivity contribution in [2.75, 3.05) is 31.6 Å². The lowest BCUT2D eigenvalue weighted by atomic mass is 10.1. The van der Waals surface area contributed by atoms with Crippen LogP contribution in [0.25, 0.3) is 0 Å². The fourth-order valence-corrected chi connectivity index (χ4v) is 5.60. The van der Waals surface area contributed by atoms with Gasteiger partial charge in [-0.25, -0.2) is 17.8 Å². The number of rotatable bonds is 7. The van der Waals surface area contributed by atoms with Crippen LogP contribution in [0.15, 0.2) is 82.8 Å². The van der Waals surface area contributed by atoms with Crippen LogP contribution in [-0.4, -0.2) is 49.9 Å². The number of anilines is 1. The van der Waals surface area contributed by atoms with Gasteiger partial charge in [0.1, 0.15) is 16.0 Å². The van der Waals surface area contributed by atoms with Gasteiger partial charge in [-0.2, -0.15) is 4.31 Å². The molecule has 4 rings (SSSR count). The highest BCUT2D eigenvalue weighted by Gasteiger charge is 2.27. The predicted molar refractivity (Wildman–Crippen MR) is 124 cm³/mol. The van der Waals surface area contributed by atoms with Crippen LogP contribution in [0.1, 0.15) is 10.8 Å². The molecule has 172 valence electrons. The van der Waals surface area contributed by atoms with Gasteiger partial charge in [0.25, 0.3) is 0 Å². The highest BCUT2D eigenvalue weighted by atomic mass is 32.2. The van der Waals surface area contributed by atoms with Gasteiger partial charge in [-0.1, -0.05) is 42.1 Å². The standard InChI is InChI=1S/C23H22FN3O4S2/c24-18-6-8-19(9-7-18)26-23(28)22(17-4-2-1-3-5-17)32-21-11-10-20(16-25-21)33(29,30)27-12-14-31-15-13-27/h1-11,16,22H,12-15H2,(H,26,28)/t22-/m0/s1. The van der Waals surface area contributed by atoms with Gasteiger partial charge in [-0.15, -0.1) is 0 Å². The normalized spacial score (nSPS) is 15.7. The Hall–Kier alpha value is -2.79. The molecule has 1 saturated heterocycles. The Bertz CT molecular complexity index is 1180. The maximum Gasteiger partial charge on any atom is 0.244 e. The number of carbonyl (C=O) groups is 1. The molecule has 2 aromatic carbocycles. The summed E-state index contributed by atoms with van der Waals surface area (Å²) in [6.07, 6.45) is 1.31. The second kappa shape index (κ2) is 10.4. The second-order valence-corrected chi connectivity index (χ2v) is 10.3. The van der Waals surface area contributed by atoms with E-state index in [0.29, 0.717) is 37.0 Å². The van der Waals surface area contributed by atoms with Gasteiger partial charge in [0.2, 0.25) is 15.9 Å². The van der Waals surface area contributed by atoms with Crippen LogP contribution in [0.3, 0.4) is 0 Å². The molecule has 1 aliphatic rings. The van der Waals surface area contributed by atoms with E-state index in [-0.39, 0.29) is 10.8 Å². The van der Waals surface area contributed by atoms with E-state index in [1.807, 2.05) is 30.3 Å². The number of morpholine rings is 1. The van der Waals surface area contributed by atoms with Crippen LogP contribution in [0.4, 0.5) is 10.1 Å². The number of nitrogens with zero attached hydrogens (tertiary/aromatic N) is 2. The van der Waals surface area contributed by atoms with E-state index in [2.05, 4.69) is 10.3 Å². The fourth-order valence-electron chi connectivity index (χ4n) is 3.29. The van der Waals surface area contributed by atoms with Crippen molar-refractivity contribution in [1.82, 2.24) is 9.29 Å². The Balaban J connectivity index is 1.53. The van der Waals surface area contributed by atoms with Crippen LogP contribution in [0.5, 0.6) is 0 Å². The SMILES string of the molecule is O=C(Nc1ccc(F)cc1)[C@@H](Sc1ccc(S(=O)(=O)N2CCOCC2)cn1)c1ccccc1. The summed E-state index contributed by atoms with van der Waals surface area (Å²) in [5.74, 6) is -0.692. The van der Waals surface area contributed by atoms with Gasteiger partial charge in [-0.05, 0) is 42.0 Å². The molecule has 7 nitrogen and oxygen atoms in total. The first-order chi connectivity index (χ1) is 15.9. The fraction of sp³-hybridized carbons (Fsp3) is 0.217. The third kappa shape index (κ3) is 5.77. The highest BCUT2D eigenvalue weighted by Crippen LogP contribution is 2.35. The monoisotopic (exact) mass is 487 g/mol. The molecule has 0 bridgehead atoms. The van der Waals surface area contributed by atoms with Crippen LogP contribution >= 0.6 is 11.8 Å². The molecule has 10 heteroatoms. The lowest BCUT2D eigenvalue weighted by Gasteiger charge is -2.25. The number of hydrogen-bond donors (Lipinski definition) is 1. The first-order valence-corrected chi connectivity index (χ1v) is 12.6. The van der Waals surface area contributed by atoms with Gasteiger partial charge < -0.3 is 10.1 Å². The van der Waals surface area contributed by atoms with E-state index in [4.69, 9.17) is 4.74 Å². The van der Waals surface area contributed by atoms with Crippen molar-refractivity contribution in [2.24, 2.45) is 0 Å². The van der Waals surface area contributed by atoms with Crippen molar-refractivity contribution >= 4 is 33.4 Å². The van der Waals surface area contributed by atoms with E-state index < -0.39 is 21.1 Å². The van der Waals surface area contributed by atoms with Crippen LogP contribution in [-0.2, 0) is 19.6 Å². The molecule has 0 spiro atoms. The summed E-state index contributed by atoms with van der Waals surface area (Å²) in [6.45, 7) is 1.34. The topological polar surface area (TPSA) is 88.6 Å². The Morgan fingerprint density at radius 2 is 1.73 bits per heavy atom. The molecule has 1 amide bonds. The molecule has 2 heterocycles. The number of ether oxygens (including phenoxy) is 1. The number of benzene rings is 2. The number of halogens is 1. The maximum atomic E-state index is 13.2. The van der Waals surface area contributed by atoms with Gasteiger partial charge >= 0.3 is 0 Å². The predicted octanol–water partition coefficient (Wildman–Crippen LogP) is 3.71. The van der Waals surface area contributed by atoms with Gasteiger partial charge in [0.05, 0.1) is 18.2 Å². The van der Waals surface area contributed by atoms with E-state index in [1.54, 1.807) is 6.07 Å². The number of pyridine rings is 1. The third-order valence-corrected chi connectivity index (χ3v) is 8.09. The molecule has 1 aliphatic heterocycles. The molecule has 1 fully saturated rings. The minimum absolute atomic E-state index is 0.0979. The summed E-state index contributed by atoms with van der Waals surface area (Å²) in [6, 6.07) is 17.8. The maximum absolute atomic E-state index is 13.2. The number of aromatic nitrogens is 1. The third-order valence-electron chi connectivity index (χ3n) is 5.01. The van der Waals surface area contributed by atoms with Crippen molar-refractivity contribution < 1.29 is 22.3 Å². The first kappa shape index (κ1) is 23.4. The van der Waals surface area contributed by atoms with Gasteiger partial charge in [0, 0.05) is 25.0 Å². The Morgan fingerprint density at radius 1 is 1.03 bits per heavy atom. The number of sulfonamides is 1. The van der Waals surface area contributed by atoms with E-state index in [1.165, 1.54) is 52.6 Å². The van der Waals surface area contributed by atoms with E-state index in [9.17, 15) is 17.6 Å². The molecule has 3 aromatic rings. The van der Waals surface area contributed by atoms with Crippen molar-refractivity contribution in [2.45, 2.75) is 15.2 Å². The van der Waals surface area contributed by atoms with Crippen molar-refractivity contribution in [3.05, 3.63) is 84.3 Å². The van der Waals surface area contributed by atoms with Crippen LogP contribution in [0, 0.1) is 5.82 Å². The molecule has 0 aliphatic carbocycles. The van der Waals surface area contributed by atoms with Crippen LogP contribution < -0.4 is 5.32 Å². The average molecular weight is 488 g/mol. The molecule has 1 atom stereocenters. The molecule has 33 heavy (non-hydrogen) atoms. The molecule has 1 N–H and O–H groups in total. The van der Waals surface area contributed by atoms with E-state index in [0.717, 1.165) is 5.56 Å². The van der Waals surface area contributed by atoms with Crippen molar-refractivity contribution in [3.63, 3.8) is 0 Å². The number of nitrogens with one attached hydrogen (secondary N) is 1. The molecular weight excluding hydrogens is 465 g/mol. The summed E-state index contributed by atoms with van der Waals surface area (Å²) in [4.78, 5) is 17.5. The molecular formula is C23H22FN3O4S2. The number of amides is 1. The lowest BCUT2D eigenvalue weighted by molar-refractivity contribution is -0.115. The van der Waals surface area contributed by atoms with Gasteiger partial charge in [0.15, 0.2) is 0 Å². The summed E-state index contributed by atoms with van der Waals surface area (Å²) < 4.78 is 45.4. The minimum Gasteiger partial charge on any atom is -0.379 e. The summed E-state index contributed by atoms with van der Waals surface area (Å²) >= 11 is 1.20. The first-order valence-electron chi connectivity index (χ1n) is 10.3. The number of hydrogen-bond acceptors (Lipinski definition) is 6. The van der Waals surface area contributed by atoms with Crippen molar-refractivity contribution in [1.29, 1.82) is 0 Å². The molecule has 1 aromatic heterocycles. The van der Waals surface area contributed by atoms with Crippen molar-refractivity contribution in [3.8, 4) is 0 Å². The Kier molecular flexibility index (Phi) is 7.39. The summed E-state index contributed by atoms with van der Waals surface area (Å²) in [5, 5.41) is 2.65. The number of carbonyl (C=O) groups excluding carboxylic acids is 1. The minimum atomic E-state index is -3.65. The molecule has 0 radical (unpaired) electrons. The second-order valence-electron chi connectivity index (χ2n) is 7.25. The quantitative estimate of drug-likeness (QED) is 0.511. The van der Waals surface area contributed by atoms with Gasteiger partial charge in [-0.3, -0.25) is 4.79 Å². The lowest BCUT2D eigenvalue weighted by Crippen LogP contribution is -2.40. The van der Waals surface area contributed by atoms with Crippen LogP contribution in [0.2, 0.25) is 0 Å². The van der Waals surface area contributed by atoms with E-state index >= 15 is 0 Å². The summed E-state index contributed by atoms with van der Waals surface area (Å²) in [7, 11) is -3.65. The number of thioether (sulfide) groups is 1. The zero-order valence-electron chi connectivity index (χ0n) is 17.6. The smallest absolute Gasteiger partial charge is 0.244 e. The largest absolute Gasteiger partial charge is 0.379 e. The molecule has 0 unspecified atom stereocenters.